The highest BCUT2D eigenvalue weighted by Crippen LogP contribution is 2.38. The number of rotatable bonds is 26. The fourth-order valence-corrected chi connectivity index (χ4v) is 8.22. The van der Waals surface area contributed by atoms with E-state index in [-0.39, 0.29) is 5.92 Å². The number of phenols is 1. The van der Waals surface area contributed by atoms with Gasteiger partial charge in [-0.05, 0) is 121 Å². The van der Waals surface area contributed by atoms with E-state index in [2.05, 4.69) is 90.1 Å². The lowest BCUT2D eigenvalue weighted by atomic mass is 9.80. The molecule has 2 unspecified atom stereocenters. The zero-order chi connectivity index (χ0) is 35.3. The third-order valence-electron chi connectivity index (χ3n) is 11.1. The summed E-state index contributed by atoms with van der Waals surface area (Å²) in [6.07, 6.45) is 27.7. The maximum absolute atomic E-state index is 11.5. The highest BCUT2D eigenvalue weighted by Gasteiger charge is 2.22. The smallest absolute Gasteiger partial charge is 0.119 e. The highest BCUT2D eigenvalue weighted by atomic mass is 16.3. The minimum Gasteiger partial charge on any atom is -0.508 e. The molecule has 0 aliphatic rings. The van der Waals surface area contributed by atoms with Crippen LogP contribution in [0.2, 0.25) is 0 Å². The summed E-state index contributed by atoms with van der Waals surface area (Å²) in [5.41, 5.74) is 11.9. The highest BCUT2D eigenvalue weighted by molar-refractivity contribution is 5.46. The number of unbranched alkanes of at least 4 members (excludes halogenated alkanes) is 12. The molecule has 1 nitrogen and oxygen atoms in total. The molecule has 0 saturated carbocycles. The Labute approximate surface area is 303 Å². The van der Waals surface area contributed by atoms with Crippen molar-refractivity contribution in [2.45, 2.75) is 195 Å². The SMILES string of the molecule is CCCCCCc1cccc(CC(C)c2cccc(O)c2C(C)Cc2cccc(CCCCCC)c2CCCCCC)c1CCCCCC. The predicted octanol–water partition coefficient (Wildman–Crippen LogP) is 14.6. The summed E-state index contributed by atoms with van der Waals surface area (Å²) < 4.78 is 0. The molecule has 0 aliphatic heterocycles. The van der Waals surface area contributed by atoms with Crippen molar-refractivity contribution >= 4 is 0 Å². The van der Waals surface area contributed by atoms with E-state index < -0.39 is 0 Å². The summed E-state index contributed by atoms with van der Waals surface area (Å²) in [4.78, 5) is 0. The van der Waals surface area contributed by atoms with Gasteiger partial charge in [0.15, 0.2) is 0 Å². The molecule has 0 radical (unpaired) electrons. The predicted molar refractivity (Wildman–Crippen MR) is 217 cm³/mol. The third kappa shape index (κ3) is 13.6. The summed E-state index contributed by atoms with van der Waals surface area (Å²) in [6.45, 7) is 14.0. The van der Waals surface area contributed by atoms with Gasteiger partial charge in [-0.25, -0.2) is 0 Å². The van der Waals surface area contributed by atoms with Crippen LogP contribution < -0.4 is 0 Å². The van der Waals surface area contributed by atoms with E-state index in [0.29, 0.717) is 11.7 Å². The van der Waals surface area contributed by atoms with Gasteiger partial charge in [0.05, 0.1) is 0 Å². The molecule has 0 aliphatic carbocycles. The average Bonchev–Trinajstić information content (AvgIpc) is 3.10. The second kappa shape index (κ2) is 23.8. The van der Waals surface area contributed by atoms with Crippen LogP contribution in [0.5, 0.6) is 5.75 Å². The zero-order valence-electron chi connectivity index (χ0n) is 32.9. The van der Waals surface area contributed by atoms with E-state index in [0.717, 1.165) is 12.8 Å². The molecule has 0 aromatic heterocycles. The average molecular weight is 667 g/mol. The van der Waals surface area contributed by atoms with Crippen LogP contribution in [-0.4, -0.2) is 5.11 Å². The topological polar surface area (TPSA) is 20.2 Å². The first-order valence-electron chi connectivity index (χ1n) is 21.0. The fourth-order valence-electron chi connectivity index (χ4n) is 8.22. The van der Waals surface area contributed by atoms with Crippen molar-refractivity contribution < 1.29 is 5.11 Å². The van der Waals surface area contributed by atoms with Crippen LogP contribution >= 0.6 is 0 Å². The summed E-state index contributed by atoms with van der Waals surface area (Å²) >= 11 is 0. The number of hydrogen-bond donors (Lipinski definition) is 1. The van der Waals surface area contributed by atoms with Gasteiger partial charge < -0.3 is 5.11 Å². The van der Waals surface area contributed by atoms with Crippen molar-refractivity contribution in [3.63, 3.8) is 0 Å². The molecule has 0 heterocycles. The summed E-state index contributed by atoms with van der Waals surface area (Å²) in [7, 11) is 0. The summed E-state index contributed by atoms with van der Waals surface area (Å²) in [5, 5.41) is 11.5. The van der Waals surface area contributed by atoms with Crippen LogP contribution in [0.1, 0.15) is 201 Å². The first-order valence-corrected chi connectivity index (χ1v) is 21.0. The Morgan fingerprint density at radius 1 is 0.429 bits per heavy atom. The molecule has 3 aromatic rings. The van der Waals surface area contributed by atoms with Crippen LogP contribution in [0, 0.1) is 0 Å². The zero-order valence-corrected chi connectivity index (χ0v) is 32.9. The standard InChI is InChI=1S/C48H74O/c1-7-11-15-19-26-40-28-23-30-42(45(40)32-21-17-13-9-3)36-38(5)44-34-25-35-47(49)48(44)39(6)37-43-31-24-29-41(27-20-16-12-8-2)46(43)33-22-18-14-10-4/h23-25,28-31,34-35,38-39,49H,7-22,26-27,32-33,36-37H2,1-6H3. The normalized spacial score (nSPS) is 12.8. The molecule has 1 heteroatoms. The van der Waals surface area contributed by atoms with Crippen molar-refractivity contribution in [1.29, 1.82) is 0 Å². The molecule has 0 saturated heterocycles. The minimum atomic E-state index is 0.252. The quantitative estimate of drug-likeness (QED) is 0.0845. The van der Waals surface area contributed by atoms with Crippen LogP contribution in [0.15, 0.2) is 54.6 Å². The molecule has 0 amide bonds. The van der Waals surface area contributed by atoms with Gasteiger partial charge in [-0.2, -0.15) is 0 Å². The van der Waals surface area contributed by atoms with Gasteiger partial charge in [0.1, 0.15) is 5.75 Å². The van der Waals surface area contributed by atoms with Crippen LogP contribution in [0.4, 0.5) is 0 Å². The monoisotopic (exact) mass is 667 g/mol. The minimum absolute atomic E-state index is 0.252. The molecule has 3 aromatic carbocycles. The molecule has 3 rings (SSSR count). The fraction of sp³-hybridized carbons (Fsp3) is 0.625. The third-order valence-corrected chi connectivity index (χ3v) is 11.1. The van der Waals surface area contributed by atoms with E-state index in [1.165, 1.54) is 151 Å². The Kier molecular flexibility index (Phi) is 19.8. The van der Waals surface area contributed by atoms with Crippen LogP contribution in [0.25, 0.3) is 0 Å². The summed E-state index contributed by atoms with van der Waals surface area (Å²) in [6, 6.07) is 20.5. The van der Waals surface area contributed by atoms with Gasteiger partial charge in [-0.1, -0.05) is 167 Å². The number of hydrogen-bond acceptors (Lipinski definition) is 1. The van der Waals surface area contributed by atoms with Crippen molar-refractivity contribution in [2.24, 2.45) is 0 Å². The van der Waals surface area contributed by atoms with Crippen LogP contribution in [0.3, 0.4) is 0 Å². The van der Waals surface area contributed by atoms with E-state index >= 15 is 0 Å². The maximum atomic E-state index is 11.5. The van der Waals surface area contributed by atoms with Crippen molar-refractivity contribution in [2.75, 3.05) is 0 Å². The molecule has 272 valence electrons. The van der Waals surface area contributed by atoms with E-state index in [4.69, 9.17) is 0 Å². The van der Waals surface area contributed by atoms with E-state index in [1.54, 1.807) is 22.3 Å². The largest absolute Gasteiger partial charge is 0.508 e. The number of benzene rings is 3. The maximum Gasteiger partial charge on any atom is 0.119 e. The number of aromatic hydroxyl groups is 1. The molecule has 0 spiro atoms. The van der Waals surface area contributed by atoms with Crippen molar-refractivity contribution in [1.82, 2.24) is 0 Å². The van der Waals surface area contributed by atoms with Crippen molar-refractivity contribution in [3.05, 3.63) is 99.1 Å². The molecule has 2 atom stereocenters. The molecular weight excluding hydrogens is 593 g/mol. The first-order chi connectivity index (χ1) is 23.9. The lowest BCUT2D eigenvalue weighted by Gasteiger charge is -2.25. The lowest BCUT2D eigenvalue weighted by Crippen LogP contribution is -2.11. The molecule has 0 fully saturated rings. The second-order valence-corrected chi connectivity index (χ2v) is 15.3. The van der Waals surface area contributed by atoms with Gasteiger partial charge in [0, 0.05) is 5.56 Å². The van der Waals surface area contributed by atoms with E-state index in [1.807, 2.05) is 6.07 Å². The molecule has 1 N–H and O–H groups in total. The molecule has 0 bridgehead atoms. The first kappa shape index (κ1) is 40.9. The number of aryl methyl sites for hydroxylation is 2. The van der Waals surface area contributed by atoms with Gasteiger partial charge in [0.2, 0.25) is 0 Å². The van der Waals surface area contributed by atoms with E-state index in [9.17, 15) is 5.11 Å². The Morgan fingerprint density at radius 2 is 0.816 bits per heavy atom. The van der Waals surface area contributed by atoms with Crippen molar-refractivity contribution in [3.8, 4) is 5.75 Å². The summed E-state index contributed by atoms with van der Waals surface area (Å²) in [5.74, 6) is 1.07. The second-order valence-electron chi connectivity index (χ2n) is 15.3. The Bertz CT molecular complexity index is 1320. The molecular formula is C48H74O. The van der Waals surface area contributed by atoms with Gasteiger partial charge >= 0.3 is 0 Å². The Balaban J connectivity index is 1.88. The van der Waals surface area contributed by atoms with Gasteiger partial charge in [0.25, 0.3) is 0 Å². The van der Waals surface area contributed by atoms with Crippen LogP contribution in [-0.2, 0) is 38.5 Å². The number of phenolic OH excluding ortho intramolecular Hbond substituents is 1. The van der Waals surface area contributed by atoms with Gasteiger partial charge in [-0.15, -0.1) is 0 Å². The molecule has 49 heavy (non-hydrogen) atoms. The van der Waals surface area contributed by atoms with Gasteiger partial charge in [-0.3, -0.25) is 0 Å². The lowest BCUT2D eigenvalue weighted by molar-refractivity contribution is 0.459. The Morgan fingerprint density at radius 3 is 1.27 bits per heavy atom. The Hall–Kier alpha value is -2.54.